The Bertz CT molecular complexity index is 1060. The van der Waals surface area contributed by atoms with Crippen molar-refractivity contribution >= 4 is 23.6 Å². The lowest BCUT2D eigenvalue weighted by molar-refractivity contribution is 0.0529. The highest BCUT2D eigenvalue weighted by molar-refractivity contribution is 7.98. The number of halogens is 1. The number of nitrogens with zero attached hydrogens (tertiary/aromatic N) is 5. The summed E-state index contributed by atoms with van der Waals surface area (Å²) in [6.07, 6.45) is 6.11. The van der Waals surface area contributed by atoms with Gasteiger partial charge in [-0.1, -0.05) is 12.1 Å². The smallest absolute Gasteiger partial charge is 0.274 e. The lowest BCUT2D eigenvalue weighted by Gasteiger charge is -2.34. The number of rotatable bonds is 5. The fourth-order valence-corrected chi connectivity index (χ4v) is 4.20. The molecule has 0 radical (unpaired) electrons. The number of pyridine rings is 1. The molecule has 0 saturated carbocycles. The predicted octanol–water partition coefficient (Wildman–Crippen LogP) is 2.90. The molecule has 1 aliphatic heterocycles. The minimum absolute atomic E-state index is 0.110. The molecular formula is C22H20FN5O2S. The molecule has 1 aromatic carbocycles. The molecule has 3 heterocycles. The summed E-state index contributed by atoms with van der Waals surface area (Å²) in [6, 6.07) is 9.78. The summed E-state index contributed by atoms with van der Waals surface area (Å²) in [5.74, 6) is 0.00984. The van der Waals surface area contributed by atoms with E-state index in [9.17, 15) is 14.0 Å². The molecule has 1 aliphatic rings. The second-order valence-electron chi connectivity index (χ2n) is 6.95. The molecule has 0 bridgehead atoms. The fourth-order valence-electron chi connectivity index (χ4n) is 3.26. The van der Waals surface area contributed by atoms with Crippen molar-refractivity contribution < 1.29 is 14.0 Å². The van der Waals surface area contributed by atoms with Crippen molar-refractivity contribution in [2.75, 3.05) is 26.2 Å². The highest BCUT2D eigenvalue weighted by Crippen LogP contribution is 2.25. The number of carbonyl (C=O) groups excluding carboxylic acids is 2. The maximum atomic E-state index is 13.1. The predicted molar refractivity (Wildman–Crippen MR) is 114 cm³/mol. The first kappa shape index (κ1) is 20.9. The molecule has 9 heteroatoms. The van der Waals surface area contributed by atoms with Gasteiger partial charge in [0.1, 0.15) is 16.5 Å². The van der Waals surface area contributed by atoms with Gasteiger partial charge in [-0.3, -0.25) is 14.6 Å². The van der Waals surface area contributed by atoms with Gasteiger partial charge in [-0.2, -0.15) is 0 Å². The van der Waals surface area contributed by atoms with Crippen LogP contribution in [0.2, 0.25) is 0 Å². The van der Waals surface area contributed by atoms with E-state index in [-0.39, 0.29) is 17.6 Å². The summed E-state index contributed by atoms with van der Waals surface area (Å²) in [5.41, 5.74) is 1.78. The number of amides is 2. The molecule has 0 unspecified atom stereocenters. The van der Waals surface area contributed by atoms with E-state index >= 15 is 0 Å². The van der Waals surface area contributed by atoms with E-state index in [2.05, 4.69) is 15.0 Å². The van der Waals surface area contributed by atoms with Crippen LogP contribution in [0.3, 0.4) is 0 Å². The Morgan fingerprint density at radius 3 is 2.29 bits per heavy atom. The number of hydrogen-bond acceptors (Lipinski definition) is 6. The molecule has 0 N–H and O–H groups in total. The van der Waals surface area contributed by atoms with Crippen LogP contribution in [0.5, 0.6) is 0 Å². The number of carbonyl (C=O) groups is 2. The van der Waals surface area contributed by atoms with Crippen molar-refractivity contribution in [1.82, 2.24) is 24.8 Å². The summed E-state index contributed by atoms with van der Waals surface area (Å²) in [5, 5.41) is 0.634. The third kappa shape index (κ3) is 5.05. The van der Waals surface area contributed by atoms with Crippen molar-refractivity contribution in [3.05, 3.63) is 83.8 Å². The molecule has 0 aliphatic carbocycles. The van der Waals surface area contributed by atoms with Gasteiger partial charge in [-0.25, -0.2) is 14.4 Å². The van der Waals surface area contributed by atoms with E-state index in [0.717, 1.165) is 5.56 Å². The van der Waals surface area contributed by atoms with Gasteiger partial charge >= 0.3 is 0 Å². The van der Waals surface area contributed by atoms with Crippen molar-refractivity contribution in [3.63, 3.8) is 0 Å². The molecule has 2 aromatic heterocycles. The third-order valence-corrected chi connectivity index (χ3v) is 6.00. The van der Waals surface area contributed by atoms with E-state index in [1.165, 1.54) is 42.5 Å². The number of thioether (sulfide) groups is 1. The third-order valence-electron chi connectivity index (χ3n) is 4.93. The summed E-state index contributed by atoms with van der Waals surface area (Å²) < 4.78 is 13.1. The minimum Gasteiger partial charge on any atom is -0.335 e. The molecule has 0 spiro atoms. The average molecular weight is 438 g/mol. The number of aromatic nitrogens is 3. The van der Waals surface area contributed by atoms with Gasteiger partial charge in [-0.05, 0) is 29.8 Å². The zero-order valence-corrected chi connectivity index (χ0v) is 17.5. The molecule has 158 valence electrons. The van der Waals surface area contributed by atoms with Gasteiger partial charge in [0, 0.05) is 50.5 Å². The Balaban J connectivity index is 1.39. The second-order valence-corrected chi connectivity index (χ2v) is 7.91. The normalized spacial score (nSPS) is 13.8. The Kier molecular flexibility index (Phi) is 6.51. The largest absolute Gasteiger partial charge is 0.335 e. The van der Waals surface area contributed by atoms with Crippen molar-refractivity contribution in [2.45, 2.75) is 10.8 Å². The van der Waals surface area contributed by atoms with Crippen molar-refractivity contribution in [1.29, 1.82) is 0 Å². The number of benzene rings is 1. The van der Waals surface area contributed by atoms with E-state index in [1.807, 2.05) is 0 Å². The van der Waals surface area contributed by atoms with Gasteiger partial charge in [0.15, 0.2) is 0 Å². The van der Waals surface area contributed by atoms with Crippen LogP contribution in [0.1, 0.15) is 26.4 Å². The Morgan fingerprint density at radius 1 is 0.903 bits per heavy atom. The summed E-state index contributed by atoms with van der Waals surface area (Å²) in [6.45, 7) is 1.72. The van der Waals surface area contributed by atoms with Gasteiger partial charge in [0.25, 0.3) is 11.8 Å². The topological polar surface area (TPSA) is 79.3 Å². The summed E-state index contributed by atoms with van der Waals surface area (Å²) in [7, 11) is 0. The van der Waals surface area contributed by atoms with Crippen LogP contribution in [0.15, 0.2) is 66.2 Å². The average Bonchev–Trinajstić information content (AvgIpc) is 2.83. The molecule has 1 fully saturated rings. The van der Waals surface area contributed by atoms with Crippen LogP contribution < -0.4 is 0 Å². The van der Waals surface area contributed by atoms with Gasteiger partial charge in [-0.15, -0.1) is 11.8 Å². The number of piperazine rings is 1. The van der Waals surface area contributed by atoms with Gasteiger partial charge in [0.2, 0.25) is 0 Å². The Labute approximate surface area is 183 Å². The molecule has 2 amide bonds. The standard InChI is InChI=1S/C22H20FN5O2S/c23-17-5-3-16(4-6-17)15-31-20-18(2-1-7-26-20)21(29)27-10-12-28(13-11-27)22(30)19-14-24-8-9-25-19/h1-9,14H,10-13,15H2. The van der Waals surface area contributed by atoms with Crippen molar-refractivity contribution in [2.24, 2.45) is 0 Å². The second kappa shape index (κ2) is 9.65. The lowest BCUT2D eigenvalue weighted by Crippen LogP contribution is -2.50. The first-order valence-electron chi connectivity index (χ1n) is 9.78. The van der Waals surface area contributed by atoms with E-state index in [0.29, 0.717) is 48.2 Å². The number of hydrogen-bond donors (Lipinski definition) is 0. The molecule has 3 aromatic rings. The fraction of sp³-hybridized carbons (Fsp3) is 0.227. The van der Waals surface area contributed by atoms with Crippen LogP contribution in [-0.4, -0.2) is 62.7 Å². The monoisotopic (exact) mass is 437 g/mol. The quantitative estimate of drug-likeness (QED) is 0.571. The zero-order valence-electron chi connectivity index (χ0n) is 16.6. The zero-order chi connectivity index (χ0) is 21.6. The summed E-state index contributed by atoms with van der Waals surface area (Å²) in [4.78, 5) is 41.4. The molecule has 1 saturated heterocycles. The maximum absolute atomic E-state index is 13.1. The first-order chi connectivity index (χ1) is 15.1. The Hall–Kier alpha value is -3.33. The highest BCUT2D eigenvalue weighted by Gasteiger charge is 2.27. The molecule has 4 rings (SSSR count). The lowest BCUT2D eigenvalue weighted by atomic mass is 10.2. The van der Waals surface area contributed by atoms with Gasteiger partial charge in [0.05, 0.1) is 11.8 Å². The van der Waals surface area contributed by atoms with Crippen LogP contribution in [0.4, 0.5) is 4.39 Å². The van der Waals surface area contributed by atoms with Crippen molar-refractivity contribution in [3.8, 4) is 0 Å². The van der Waals surface area contributed by atoms with E-state index in [4.69, 9.17) is 0 Å². The van der Waals surface area contributed by atoms with Crippen LogP contribution in [0, 0.1) is 5.82 Å². The summed E-state index contributed by atoms with van der Waals surface area (Å²) >= 11 is 1.44. The molecule has 31 heavy (non-hydrogen) atoms. The van der Waals surface area contributed by atoms with Crippen LogP contribution in [-0.2, 0) is 5.75 Å². The first-order valence-corrected chi connectivity index (χ1v) is 10.8. The van der Waals surface area contributed by atoms with E-state index in [1.54, 1.807) is 40.3 Å². The SMILES string of the molecule is O=C(c1cnccn1)N1CCN(C(=O)c2cccnc2SCc2ccc(F)cc2)CC1. The minimum atomic E-state index is -0.278. The van der Waals surface area contributed by atoms with Gasteiger partial charge < -0.3 is 9.80 Å². The van der Waals surface area contributed by atoms with E-state index < -0.39 is 0 Å². The Morgan fingerprint density at radius 2 is 1.61 bits per heavy atom. The maximum Gasteiger partial charge on any atom is 0.274 e. The van der Waals surface area contributed by atoms with Crippen LogP contribution >= 0.6 is 11.8 Å². The molecule has 0 atom stereocenters. The molecular weight excluding hydrogens is 417 g/mol. The van der Waals surface area contributed by atoms with Crippen LogP contribution in [0.25, 0.3) is 0 Å². The molecule has 7 nitrogen and oxygen atoms in total. The highest BCUT2D eigenvalue weighted by atomic mass is 32.2.